The van der Waals surface area contributed by atoms with Gasteiger partial charge in [-0.15, -0.1) is 0 Å². The molecule has 0 aromatic carbocycles. The van der Waals surface area contributed by atoms with Gasteiger partial charge in [0.05, 0.1) is 33.0 Å². The van der Waals surface area contributed by atoms with Gasteiger partial charge >= 0.3 is 15.6 Å². The Morgan fingerprint density at radius 1 is 0.512 bits per heavy atom. The van der Waals surface area contributed by atoms with Gasteiger partial charge in [0.1, 0.15) is 97.5 Å². The van der Waals surface area contributed by atoms with Gasteiger partial charge in [0.15, 0.2) is 25.2 Å². The summed E-state index contributed by atoms with van der Waals surface area (Å²) in [5.41, 5.74) is 5.29. The number of amides is 2. The Morgan fingerprint density at radius 2 is 0.940 bits per heavy atom. The van der Waals surface area contributed by atoms with Crippen LogP contribution in [-0.2, 0) is 65.2 Å². The van der Waals surface area contributed by atoms with Gasteiger partial charge in [-0.25, -0.2) is 9.13 Å². The van der Waals surface area contributed by atoms with Crippen LogP contribution < -0.4 is 10.6 Å². The summed E-state index contributed by atoms with van der Waals surface area (Å²) < 4.78 is 80.6. The minimum absolute atomic E-state index is 0.0106. The molecule has 15 N–H and O–H groups in total. The van der Waals surface area contributed by atoms with E-state index < -0.39 is 177 Å². The van der Waals surface area contributed by atoms with Gasteiger partial charge in [-0.05, 0) is 98.3 Å². The molecule has 4 rings (SSSR count). The average Bonchev–Trinajstić information content (AvgIpc) is 1.32. The van der Waals surface area contributed by atoms with Crippen molar-refractivity contribution in [1.29, 1.82) is 0 Å². The molecule has 0 spiro atoms. The minimum Gasteiger partial charge on any atom is -0.394 e. The van der Waals surface area contributed by atoms with E-state index in [9.17, 15) is 84.7 Å². The standard InChI is InChI=1S/C53H92N2O27P2/c1-27(2)13-9-14-28(3)15-10-16-29(4)17-11-18-30(5)19-12-20-31(6)21-22-74-83(69,70)82-84(71,72)81-51-39(55-33(8)60)43(64)48(36(25-58)77-51)79-50-38(54-32(7)59)42(63)49(35(24-57)76-50)80-53-47(68)45(66)41(62)37(78-53)26-73-52-46(67)44(65)40(61)34(23-56)75-52/h13,15,17,19,31,34-53,56-58,61-68H,9-12,14,16,18,20-26H2,1-8H3,(H,54,59)(H,55,60)(H,69,70)(H,71,72)/b28-15+,29-17+,30-19+/t31?,34-,35-,36-,37-,38-,39-,40-,41-,42-,43-,44+,45+,46+,47+,48-,49-,50+,51?,52+,53+/m1/s1. The van der Waals surface area contributed by atoms with Crippen LogP contribution in [0.25, 0.3) is 0 Å². The summed E-state index contributed by atoms with van der Waals surface area (Å²) in [4.78, 5) is 46.2. The molecule has 4 saturated heterocycles. The highest BCUT2D eigenvalue weighted by Gasteiger charge is 2.56. The molecule has 4 aliphatic heterocycles. The fourth-order valence-electron chi connectivity index (χ4n) is 9.74. The summed E-state index contributed by atoms with van der Waals surface area (Å²) in [6.07, 6.45) is -17.2. The van der Waals surface area contributed by atoms with Gasteiger partial charge in [0.2, 0.25) is 11.8 Å². The zero-order valence-electron chi connectivity index (χ0n) is 48.8. The minimum atomic E-state index is -5.73. The predicted molar refractivity (Wildman–Crippen MR) is 294 cm³/mol. The third-order valence-electron chi connectivity index (χ3n) is 14.6. The second kappa shape index (κ2) is 35.0. The van der Waals surface area contributed by atoms with E-state index in [1.54, 1.807) is 0 Å². The normalized spacial score (nSPS) is 36.3. The molecule has 4 heterocycles. The molecule has 29 nitrogen and oxygen atoms in total. The number of phosphoric ester groups is 2. The first-order valence-corrected chi connectivity index (χ1v) is 31.1. The van der Waals surface area contributed by atoms with Gasteiger partial charge in [0.25, 0.3) is 0 Å². The zero-order chi connectivity index (χ0) is 62.8. The van der Waals surface area contributed by atoms with Crippen LogP contribution >= 0.6 is 15.6 Å². The van der Waals surface area contributed by atoms with Crippen LogP contribution in [0.1, 0.15) is 113 Å². The smallest absolute Gasteiger partial charge is 0.394 e. The second-order valence-corrected chi connectivity index (χ2v) is 25.1. The first-order chi connectivity index (χ1) is 39.4. The highest BCUT2D eigenvalue weighted by Crippen LogP contribution is 2.61. The third-order valence-corrected chi connectivity index (χ3v) is 17.2. The lowest BCUT2D eigenvalue weighted by Gasteiger charge is -2.49. The Hall–Kier alpha value is -2.56. The molecule has 84 heavy (non-hydrogen) atoms. The van der Waals surface area contributed by atoms with Crippen LogP contribution in [0.4, 0.5) is 0 Å². The summed E-state index contributed by atoms with van der Waals surface area (Å²) in [7, 11) is -11.1. The number of hydrogen-bond donors (Lipinski definition) is 15. The van der Waals surface area contributed by atoms with Crippen LogP contribution in [0.15, 0.2) is 46.6 Å². The van der Waals surface area contributed by atoms with Crippen molar-refractivity contribution in [2.24, 2.45) is 5.92 Å². The molecular weight excluding hydrogens is 1160 g/mol. The van der Waals surface area contributed by atoms with Crippen molar-refractivity contribution >= 4 is 27.5 Å². The van der Waals surface area contributed by atoms with E-state index in [0.717, 1.165) is 58.8 Å². The molecule has 0 aromatic heterocycles. The number of rotatable bonds is 32. The number of aliphatic hydroxyl groups excluding tert-OH is 11. The van der Waals surface area contributed by atoms with Crippen LogP contribution in [0.5, 0.6) is 0 Å². The topological polar surface area (TPSA) is 448 Å². The van der Waals surface area contributed by atoms with Crippen molar-refractivity contribution in [3.05, 3.63) is 46.6 Å². The van der Waals surface area contributed by atoms with E-state index in [2.05, 4.69) is 73.9 Å². The summed E-state index contributed by atoms with van der Waals surface area (Å²) >= 11 is 0. The van der Waals surface area contributed by atoms with Crippen LogP contribution in [0, 0.1) is 5.92 Å². The number of nitrogens with one attached hydrogen (secondary N) is 2. The Morgan fingerprint density at radius 3 is 1.44 bits per heavy atom. The molecule has 0 saturated carbocycles. The Bertz CT molecular complexity index is 2270. The predicted octanol–water partition coefficient (Wildman–Crippen LogP) is -0.251. The molecule has 0 radical (unpaired) electrons. The number of allylic oxidation sites excluding steroid dienone is 8. The van der Waals surface area contributed by atoms with Crippen molar-refractivity contribution in [2.45, 2.75) is 236 Å². The van der Waals surface area contributed by atoms with Crippen LogP contribution in [-0.4, -0.2) is 234 Å². The molecule has 4 unspecified atom stereocenters. The van der Waals surface area contributed by atoms with Gasteiger partial charge in [0, 0.05) is 13.8 Å². The summed E-state index contributed by atoms with van der Waals surface area (Å²) in [6, 6.07) is -3.67. The second-order valence-electron chi connectivity index (χ2n) is 22.1. The number of carbonyl (C=O) groups is 2. The molecule has 23 atom stereocenters. The van der Waals surface area contributed by atoms with Crippen molar-refractivity contribution in [2.75, 3.05) is 33.0 Å². The van der Waals surface area contributed by atoms with Crippen molar-refractivity contribution in [3.8, 4) is 0 Å². The van der Waals surface area contributed by atoms with Gasteiger partial charge < -0.3 is 110 Å². The van der Waals surface area contributed by atoms with Gasteiger partial charge in [-0.2, -0.15) is 4.31 Å². The quantitative estimate of drug-likeness (QED) is 0.0305. The first-order valence-electron chi connectivity index (χ1n) is 28.1. The molecule has 486 valence electrons. The van der Waals surface area contributed by atoms with Crippen LogP contribution in [0.3, 0.4) is 0 Å². The van der Waals surface area contributed by atoms with E-state index >= 15 is 0 Å². The Labute approximate surface area is 489 Å². The summed E-state index contributed by atoms with van der Waals surface area (Å²) in [5.74, 6) is -1.74. The molecule has 0 bridgehead atoms. The fraction of sp³-hybridized carbons (Fsp3) is 0.811. The maximum atomic E-state index is 13.3. The number of phosphoric acid groups is 2. The molecule has 31 heteroatoms. The monoisotopic (exact) mass is 1250 g/mol. The maximum absolute atomic E-state index is 13.3. The van der Waals surface area contributed by atoms with Crippen molar-refractivity contribution in [3.63, 3.8) is 0 Å². The molecule has 2 amide bonds. The number of aliphatic hydroxyl groups is 11. The summed E-state index contributed by atoms with van der Waals surface area (Å²) in [5, 5.41) is 122. The molecule has 4 fully saturated rings. The SMILES string of the molecule is CC(=O)N[C@H]1[C@H](O[C@H]2[C@H](O)[C@@H](NC(C)=O)C(OP(=O)(O)OP(=O)(O)OCCC(C)CC/C=C(\C)CC/C=C(\C)CC/C=C(\C)CCC=C(C)C)O[C@@H]2CO)O[C@H](CO)[C@@H](O[C@@H]2O[C@H](CO[C@H]3O[C@H](CO)[C@@H](O)[C@H](O)[C@@H]3O)[C@@H](O)[C@H](O)[C@@H]2O)[C@@H]1O. The van der Waals surface area contributed by atoms with E-state index in [4.69, 9.17) is 42.2 Å². The highest BCUT2D eigenvalue weighted by molar-refractivity contribution is 7.61. The largest absolute Gasteiger partial charge is 0.483 e. The molecular formula is C53H92N2O27P2. The lowest BCUT2D eigenvalue weighted by molar-refractivity contribution is -0.365. The lowest BCUT2D eigenvalue weighted by atomic mass is 9.94. The third kappa shape index (κ3) is 22.8. The van der Waals surface area contributed by atoms with E-state index in [1.807, 2.05) is 6.92 Å². The zero-order valence-corrected chi connectivity index (χ0v) is 50.5. The van der Waals surface area contributed by atoms with E-state index in [-0.39, 0.29) is 18.9 Å². The molecule has 4 aliphatic rings. The Balaban J connectivity index is 1.34. The number of hydrogen-bond acceptors (Lipinski definition) is 25. The number of ether oxygens (including phenoxy) is 7. The van der Waals surface area contributed by atoms with Crippen molar-refractivity contribution < 1.29 is 131 Å². The van der Waals surface area contributed by atoms with Crippen molar-refractivity contribution in [1.82, 2.24) is 10.6 Å². The highest BCUT2D eigenvalue weighted by atomic mass is 31.3. The van der Waals surface area contributed by atoms with E-state index in [0.29, 0.717) is 6.42 Å². The average molecular weight is 1250 g/mol. The van der Waals surface area contributed by atoms with Gasteiger partial charge in [-0.1, -0.05) is 53.5 Å². The van der Waals surface area contributed by atoms with Crippen LogP contribution in [0.2, 0.25) is 0 Å². The first kappa shape index (κ1) is 73.9. The maximum Gasteiger partial charge on any atom is 0.483 e. The summed E-state index contributed by atoms with van der Waals surface area (Å²) in [6.45, 7) is 10.4. The Kier molecular flexibility index (Phi) is 30.8. The fourth-order valence-corrected chi connectivity index (χ4v) is 11.9. The van der Waals surface area contributed by atoms with Gasteiger partial charge in [-0.3, -0.25) is 18.6 Å². The number of carbonyl (C=O) groups excluding carboxylic acids is 2. The van der Waals surface area contributed by atoms with E-state index in [1.165, 1.54) is 22.3 Å². The molecule has 0 aromatic rings. The molecule has 0 aliphatic carbocycles. The lowest BCUT2D eigenvalue weighted by Crippen LogP contribution is -2.70.